The van der Waals surface area contributed by atoms with Gasteiger partial charge in [-0.15, -0.1) is 11.3 Å². The normalized spacial score (nSPS) is 19.0. The largest absolute Gasteiger partial charge is 0.417 e. The summed E-state index contributed by atoms with van der Waals surface area (Å²) in [6, 6.07) is 9.89. The number of rotatable bonds is 2. The Morgan fingerprint density at radius 1 is 1.09 bits per heavy atom. The molecule has 0 bridgehead atoms. The average molecular weight is 341 g/mol. The van der Waals surface area contributed by atoms with Crippen LogP contribution in [0.4, 0.5) is 13.2 Å². The Labute approximate surface area is 132 Å². The number of hydrogen-bond donors (Lipinski definition) is 1. The molecule has 7 heteroatoms. The number of benzene rings is 1. The van der Waals surface area contributed by atoms with E-state index in [1.165, 1.54) is 5.38 Å². The van der Waals surface area contributed by atoms with Gasteiger partial charge in [0.15, 0.2) is 5.78 Å². The van der Waals surface area contributed by atoms with Gasteiger partial charge in [-0.1, -0.05) is 42.1 Å². The lowest BCUT2D eigenvalue weighted by Gasteiger charge is -2.10. The van der Waals surface area contributed by atoms with E-state index >= 15 is 0 Å². The zero-order valence-electron chi connectivity index (χ0n) is 11.1. The first kappa shape index (κ1) is 15.2. The van der Waals surface area contributed by atoms with Gasteiger partial charge in [-0.2, -0.15) is 13.2 Å². The van der Waals surface area contributed by atoms with E-state index in [1.807, 2.05) is 6.07 Å². The van der Waals surface area contributed by atoms with Gasteiger partial charge in [0.2, 0.25) is 0 Å². The Bertz CT molecular complexity index is 750. The predicted octanol–water partition coefficient (Wildman–Crippen LogP) is 4.45. The van der Waals surface area contributed by atoms with Crippen molar-refractivity contribution in [1.29, 1.82) is 0 Å². The second-order valence-electron chi connectivity index (χ2n) is 4.67. The van der Waals surface area contributed by atoms with E-state index in [1.54, 1.807) is 24.3 Å². The van der Waals surface area contributed by atoms with Gasteiger partial charge in [0.25, 0.3) is 0 Å². The second-order valence-corrected chi connectivity index (χ2v) is 6.74. The van der Waals surface area contributed by atoms with E-state index in [2.05, 4.69) is 0 Å². The minimum absolute atomic E-state index is 0.0128. The van der Waals surface area contributed by atoms with Gasteiger partial charge in [-0.05, 0) is 17.0 Å². The number of carbonyl (C=O) groups excluding carboxylic acids is 1. The summed E-state index contributed by atoms with van der Waals surface area (Å²) < 4.78 is 39.1. The van der Waals surface area contributed by atoms with Crippen molar-refractivity contribution < 1.29 is 18.0 Å². The summed E-state index contributed by atoms with van der Waals surface area (Å²) in [6.45, 7) is 0. The number of halogens is 3. The maximum Gasteiger partial charge on any atom is 0.417 e. The summed E-state index contributed by atoms with van der Waals surface area (Å²) in [5.74, 6) is -0.373. The van der Waals surface area contributed by atoms with E-state index in [0.717, 1.165) is 34.7 Å². The number of Topliss-reactive ketones (excluding diaryl/α,β-unsaturated/α-hetero) is 1. The number of nitrogens with two attached hydrogens (primary N) is 1. The number of carbonyl (C=O) groups is 1. The van der Waals surface area contributed by atoms with E-state index in [0.29, 0.717) is 0 Å². The highest BCUT2D eigenvalue weighted by atomic mass is 32.2. The molecule has 22 heavy (non-hydrogen) atoms. The van der Waals surface area contributed by atoms with Crippen LogP contribution in [0.3, 0.4) is 0 Å². The first-order chi connectivity index (χ1) is 10.4. The number of allylic oxidation sites excluding steroid dienone is 1. The number of alkyl halides is 3. The molecule has 0 saturated carbocycles. The van der Waals surface area contributed by atoms with Crippen LogP contribution < -0.4 is 5.73 Å². The Morgan fingerprint density at radius 3 is 2.41 bits per heavy atom. The smallest absolute Gasteiger partial charge is 0.393 e. The van der Waals surface area contributed by atoms with Crippen LogP contribution in [0, 0.1) is 0 Å². The molecule has 3 rings (SSSR count). The minimum atomic E-state index is -4.50. The highest BCUT2D eigenvalue weighted by Crippen LogP contribution is 2.49. The molecule has 1 aliphatic heterocycles. The first-order valence-corrected chi connectivity index (χ1v) is 8.06. The van der Waals surface area contributed by atoms with Gasteiger partial charge in [0, 0.05) is 0 Å². The van der Waals surface area contributed by atoms with Crippen LogP contribution in [0.15, 0.2) is 46.8 Å². The van der Waals surface area contributed by atoms with E-state index < -0.39 is 17.0 Å². The molecule has 1 atom stereocenters. The highest BCUT2D eigenvalue weighted by Gasteiger charge is 2.41. The molecule has 2 N–H and O–H groups in total. The van der Waals surface area contributed by atoms with Gasteiger partial charge < -0.3 is 5.73 Å². The molecule has 0 fully saturated rings. The third-order valence-electron chi connectivity index (χ3n) is 3.28. The molecule has 2 aromatic rings. The number of thioether (sulfide) groups is 1. The molecule has 1 aromatic carbocycles. The van der Waals surface area contributed by atoms with Crippen LogP contribution in [0.2, 0.25) is 0 Å². The molecular weight excluding hydrogens is 331 g/mol. The summed E-state index contributed by atoms with van der Waals surface area (Å²) in [4.78, 5) is 12.5. The number of hydrogen-bond acceptors (Lipinski definition) is 4. The van der Waals surface area contributed by atoms with E-state index in [4.69, 9.17) is 5.73 Å². The molecule has 0 radical (unpaired) electrons. The molecule has 2 heterocycles. The molecular formula is C15H10F3NOS2. The van der Waals surface area contributed by atoms with E-state index in [9.17, 15) is 18.0 Å². The highest BCUT2D eigenvalue weighted by molar-refractivity contribution is 8.04. The monoisotopic (exact) mass is 341 g/mol. The van der Waals surface area contributed by atoms with Crippen molar-refractivity contribution in [2.75, 3.05) is 0 Å². The summed E-state index contributed by atoms with van der Waals surface area (Å²) >= 11 is 1.99. The standard InChI is InChI=1S/C15H10F3NOS2/c16-15(17,18)9-6-7-21-13(9)10-11(20)12(22-14(10)19)8-4-2-1-3-5-8/h1-7,12H,19H2. The first-order valence-electron chi connectivity index (χ1n) is 6.30. The lowest BCUT2D eigenvalue weighted by atomic mass is 10.0. The Balaban J connectivity index is 2.01. The molecule has 0 aliphatic carbocycles. The van der Waals surface area contributed by atoms with Gasteiger partial charge >= 0.3 is 6.18 Å². The zero-order chi connectivity index (χ0) is 15.9. The van der Waals surface area contributed by atoms with Crippen LogP contribution in [-0.4, -0.2) is 5.78 Å². The van der Waals surface area contributed by atoms with Crippen LogP contribution in [0.5, 0.6) is 0 Å². The predicted molar refractivity (Wildman–Crippen MR) is 82.2 cm³/mol. The zero-order valence-corrected chi connectivity index (χ0v) is 12.7. The van der Waals surface area contributed by atoms with Crippen LogP contribution in [0.25, 0.3) is 5.57 Å². The van der Waals surface area contributed by atoms with Crippen molar-refractivity contribution in [2.24, 2.45) is 5.73 Å². The quantitative estimate of drug-likeness (QED) is 0.877. The fraction of sp³-hybridized carbons (Fsp3) is 0.133. The average Bonchev–Trinajstić information content (AvgIpc) is 3.04. The molecule has 0 amide bonds. The molecule has 0 saturated heterocycles. The lowest BCUT2D eigenvalue weighted by Crippen LogP contribution is -2.11. The summed E-state index contributed by atoms with van der Waals surface area (Å²) in [5.41, 5.74) is 5.78. The third kappa shape index (κ3) is 2.55. The molecule has 114 valence electrons. The molecule has 0 spiro atoms. The fourth-order valence-corrected chi connectivity index (χ4v) is 4.43. The summed E-state index contributed by atoms with van der Waals surface area (Å²) in [6.07, 6.45) is -4.50. The van der Waals surface area contributed by atoms with Gasteiger partial charge in [0.05, 0.1) is 26.3 Å². The van der Waals surface area contributed by atoms with Crippen LogP contribution >= 0.6 is 23.1 Å². The van der Waals surface area contributed by atoms with Crippen LogP contribution in [-0.2, 0) is 11.0 Å². The van der Waals surface area contributed by atoms with Crippen molar-refractivity contribution in [3.05, 3.63) is 62.8 Å². The van der Waals surface area contributed by atoms with Crippen molar-refractivity contribution in [3.63, 3.8) is 0 Å². The SMILES string of the molecule is NC1=C(c2sccc2C(F)(F)F)C(=O)C(c2ccccc2)S1. The van der Waals surface area contributed by atoms with Gasteiger partial charge in [0.1, 0.15) is 0 Å². The summed E-state index contributed by atoms with van der Waals surface area (Å²) in [7, 11) is 0. The third-order valence-corrected chi connectivity index (χ3v) is 5.39. The molecule has 1 aromatic heterocycles. The maximum atomic E-state index is 13.0. The lowest BCUT2D eigenvalue weighted by molar-refractivity contribution is -0.137. The van der Waals surface area contributed by atoms with Crippen LogP contribution in [0.1, 0.15) is 21.3 Å². The molecule has 1 unspecified atom stereocenters. The van der Waals surface area contributed by atoms with Crippen molar-refractivity contribution >= 4 is 34.5 Å². The number of thiophene rings is 1. The molecule has 1 aliphatic rings. The maximum absolute atomic E-state index is 13.0. The minimum Gasteiger partial charge on any atom is -0.393 e. The Morgan fingerprint density at radius 2 is 1.77 bits per heavy atom. The Hall–Kier alpha value is -1.73. The van der Waals surface area contributed by atoms with E-state index in [-0.39, 0.29) is 21.3 Å². The van der Waals surface area contributed by atoms with Gasteiger partial charge in [-0.3, -0.25) is 4.79 Å². The topological polar surface area (TPSA) is 43.1 Å². The van der Waals surface area contributed by atoms with Crippen molar-refractivity contribution in [2.45, 2.75) is 11.4 Å². The number of ketones is 1. The van der Waals surface area contributed by atoms with Crippen molar-refractivity contribution in [1.82, 2.24) is 0 Å². The fourth-order valence-electron chi connectivity index (χ4n) is 2.29. The van der Waals surface area contributed by atoms with Gasteiger partial charge in [-0.25, -0.2) is 0 Å². The second kappa shape index (κ2) is 5.48. The molecule has 2 nitrogen and oxygen atoms in total. The Kier molecular flexibility index (Phi) is 3.78. The summed E-state index contributed by atoms with van der Waals surface area (Å²) in [5, 5.41) is 0.887. The van der Waals surface area contributed by atoms with Crippen molar-refractivity contribution in [3.8, 4) is 0 Å².